The number of aryl methyl sites for hydroxylation is 1. The summed E-state index contributed by atoms with van der Waals surface area (Å²) in [5.74, 6) is 1.50. The van der Waals surface area contributed by atoms with E-state index in [1.165, 1.54) is 18.4 Å². The molecular weight excluding hydrogens is 236 g/mol. The monoisotopic (exact) mass is 254 g/mol. The van der Waals surface area contributed by atoms with Gasteiger partial charge in [-0.15, -0.1) is 0 Å². The first kappa shape index (κ1) is 12.2. The van der Waals surface area contributed by atoms with Crippen molar-refractivity contribution in [1.82, 2.24) is 10.3 Å². The molecule has 1 fully saturated rings. The highest BCUT2D eigenvalue weighted by Gasteiger charge is 2.20. The lowest BCUT2D eigenvalue weighted by Gasteiger charge is -2.09. The second kappa shape index (κ2) is 5.41. The van der Waals surface area contributed by atoms with Crippen LogP contribution in [-0.2, 0) is 6.54 Å². The van der Waals surface area contributed by atoms with E-state index in [0.29, 0.717) is 5.88 Å². The molecule has 3 nitrogen and oxygen atoms in total. The van der Waals surface area contributed by atoms with Gasteiger partial charge < -0.3 is 10.1 Å². The van der Waals surface area contributed by atoms with Gasteiger partial charge in [0.1, 0.15) is 5.75 Å². The molecule has 1 aliphatic rings. The zero-order valence-electron chi connectivity index (χ0n) is 11.1. The van der Waals surface area contributed by atoms with E-state index in [-0.39, 0.29) is 0 Å². The fourth-order valence-corrected chi connectivity index (χ4v) is 1.97. The van der Waals surface area contributed by atoms with Gasteiger partial charge in [-0.05, 0) is 43.5 Å². The van der Waals surface area contributed by atoms with E-state index in [9.17, 15) is 0 Å². The standard InChI is InChI=1S/C16H18N2O/c1-12-9-13(10-17-14-7-8-14)11-18-16(12)19-15-5-3-2-4-6-15/h2-6,9,11,14,17H,7-8,10H2,1H3. The smallest absolute Gasteiger partial charge is 0.222 e. The Kier molecular flexibility index (Phi) is 3.47. The first-order valence-corrected chi connectivity index (χ1v) is 6.73. The summed E-state index contributed by atoms with van der Waals surface area (Å²) in [6, 6.07) is 12.6. The Morgan fingerprint density at radius 3 is 2.74 bits per heavy atom. The molecule has 1 saturated carbocycles. The lowest BCUT2D eigenvalue weighted by molar-refractivity contribution is 0.458. The number of pyridine rings is 1. The topological polar surface area (TPSA) is 34.2 Å². The average Bonchev–Trinajstić information content (AvgIpc) is 3.25. The van der Waals surface area contributed by atoms with Crippen LogP contribution >= 0.6 is 0 Å². The van der Waals surface area contributed by atoms with Crippen LogP contribution in [0.1, 0.15) is 24.0 Å². The molecule has 3 rings (SSSR count). The quantitative estimate of drug-likeness (QED) is 0.887. The van der Waals surface area contributed by atoms with Crippen molar-refractivity contribution < 1.29 is 4.74 Å². The maximum absolute atomic E-state index is 5.77. The number of benzene rings is 1. The zero-order valence-corrected chi connectivity index (χ0v) is 11.1. The van der Waals surface area contributed by atoms with E-state index in [0.717, 1.165) is 23.9 Å². The van der Waals surface area contributed by atoms with E-state index < -0.39 is 0 Å². The van der Waals surface area contributed by atoms with Crippen molar-refractivity contribution in [2.24, 2.45) is 0 Å². The van der Waals surface area contributed by atoms with Crippen molar-refractivity contribution >= 4 is 0 Å². The van der Waals surface area contributed by atoms with Gasteiger partial charge in [0.2, 0.25) is 5.88 Å². The minimum atomic E-state index is 0.682. The Bertz CT molecular complexity index is 550. The third-order valence-corrected chi connectivity index (χ3v) is 3.22. The zero-order chi connectivity index (χ0) is 13.1. The highest BCUT2D eigenvalue weighted by atomic mass is 16.5. The maximum atomic E-state index is 5.77. The normalized spacial score (nSPS) is 14.4. The fourth-order valence-electron chi connectivity index (χ4n) is 1.97. The van der Waals surface area contributed by atoms with Gasteiger partial charge in [0.25, 0.3) is 0 Å². The molecule has 1 aromatic heterocycles. The van der Waals surface area contributed by atoms with Crippen LogP contribution in [-0.4, -0.2) is 11.0 Å². The Morgan fingerprint density at radius 2 is 2.05 bits per heavy atom. The first-order chi connectivity index (χ1) is 9.31. The molecule has 1 heterocycles. The van der Waals surface area contributed by atoms with E-state index >= 15 is 0 Å². The highest BCUT2D eigenvalue weighted by molar-refractivity contribution is 5.33. The number of rotatable bonds is 5. The number of hydrogen-bond donors (Lipinski definition) is 1. The van der Waals surface area contributed by atoms with Crippen LogP contribution in [0.2, 0.25) is 0 Å². The van der Waals surface area contributed by atoms with E-state index in [2.05, 4.69) is 16.4 Å². The summed E-state index contributed by atoms with van der Waals surface area (Å²) in [6.07, 6.45) is 4.50. The molecule has 0 saturated heterocycles. The Morgan fingerprint density at radius 1 is 1.26 bits per heavy atom. The largest absolute Gasteiger partial charge is 0.439 e. The Balaban J connectivity index is 1.68. The minimum absolute atomic E-state index is 0.682. The van der Waals surface area contributed by atoms with Crippen molar-refractivity contribution in [2.75, 3.05) is 0 Å². The van der Waals surface area contributed by atoms with Crippen LogP contribution < -0.4 is 10.1 Å². The number of para-hydroxylation sites is 1. The van der Waals surface area contributed by atoms with E-state index in [1.807, 2.05) is 43.5 Å². The molecule has 0 spiro atoms. The number of hydrogen-bond acceptors (Lipinski definition) is 3. The molecule has 0 radical (unpaired) electrons. The molecule has 0 aliphatic heterocycles. The molecule has 3 heteroatoms. The summed E-state index contributed by atoms with van der Waals surface area (Å²) < 4.78 is 5.77. The van der Waals surface area contributed by atoms with Gasteiger partial charge in [-0.3, -0.25) is 0 Å². The summed E-state index contributed by atoms with van der Waals surface area (Å²) in [4.78, 5) is 4.41. The number of nitrogens with zero attached hydrogens (tertiary/aromatic N) is 1. The summed E-state index contributed by atoms with van der Waals surface area (Å²) in [7, 11) is 0. The highest BCUT2D eigenvalue weighted by Crippen LogP contribution is 2.23. The van der Waals surface area contributed by atoms with Crippen LogP contribution in [0.25, 0.3) is 0 Å². The van der Waals surface area contributed by atoms with Gasteiger partial charge >= 0.3 is 0 Å². The predicted molar refractivity (Wildman–Crippen MR) is 75.4 cm³/mol. The van der Waals surface area contributed by atoms with Gasteiger partial charge in [0, 0.05) is 24.3 Å². The van der Waals surface area contributed by atoms with Crippen molar-refractivity contribution in [1.29, 1.82) is 0 Å². The van der Waals surface area contributed by atoms with Gasteiger partial charge in [0.05, 0.1) is 0 Å². The molecule has 1 aliphatic carbocycles. The molecule has 0 bridgehead atoms. The number of aromatic nitrogens is 1. The lowest BCUT2D eigenvalue weighted by Crippen LogP contribution is -2.15. The average molecular weight is 254 g/mol. The maximum Gasteiger partial charge on any atom is 0.222 e. The molecule has 98 valence electrons. The predicted octanol–water partition coefficient (Wildman–Crippen LogP) is 3.43. The fraction of sp³-hybridized carbons (Fsp3) is 0.312. The summed E-state index contributed by atoms with van der Waals surface area (Å²) in [5.41, 5.74) is 2.28. The SMILES string of the molecule is Cc1cc(CNC2CC2)cnc1Oc1ccccc1. The van der Waals surface area contributed by atoms with Gasteiger partial charge in [-0.25, -0.2) is 4.98 Å². The van der Waals surface area contributed by atoms with Crippen LogP contribution in [0.5, 0.6) is 11.6 Å². The molecule has 0 amide bonds. The molecule has 0 atom stereocenters. The number of ether oxygens (including phenoxy) is 1. The van der Waals surface area contributed by atoms with Crippen LogP contribution in [0, 0.1) is 6.92 Å². The third-order valence-electron chi connectivity index (χ3n) is 3.22. The second-order valence-corrected chi connectivity index (χ2v) is 5.04. The molecule has 0 unspecified atom stereocenters. The van der Waals surface area contributed by atoms with Crippen molar-refractivity contribution in [3.8, 4) is 11.6 Å². The first-order valence-electron chi connectivity index (χ1n) is 6.73. The molecular formula is C16H18N2O. The lowest BCUT2D eigenvalue weighted by atomic mass is 10.2. The Labute approximate surface area is 113 Å². The summed E-state index contributed by atoms with van der Waals surface area (Å²) >= 11 is 0. The van der Waals surface area contributed by atoms with E-state index in [1.54, 1.807) is 0 Å². The van der Waals surface area contributed by atoms with Crippen molar-refractivity contribution in [2.45, 2.75) is 32.4 Å². The summed E-state index contributed by atoms with van der Waals surface area (Å²) in [5, 5.41) is 3.49. The molecule has 19 heavy (non-hydrogen) atoms. The van der Waals surface area contributed by atoms with Crippen LogP contribution in [0.4, 0.5) is 0 Å². The summed E-state index contributed by atoms with van der Waals surface area (Å²) in [6.45, 7) is 2.93. The Hall–Kier alpha value is -1.87. The van der Waals surface area contributed by atoms with Gasteiger partial charge in [-0.2, -0.15) is 0 Å². The molecule has 2 aromatic rings. The van der Waals surface area contributed by atoms with Crippen LogP contribution in [0.3, 0.4) is 0 Å². The van der Waals surface area contributed by atoms with Gasteiger partial charge in [0.15, 0.2) is 0 Å². The molecule has 1 aromatic carbocycles. The second-order valence-electron chi connectivity index (χ2n) is 5.04. The van der Waals surface area contributed by atoms with Gasteiger partial charge in [-0.1, -0.05) is 18.2 Å². The third kappa shape index (κ3) is 3.32. The number of nitrogens with one attached hydrogen (secondary N) is 1. The van der Waals surface area contributed by atoms with Crippen molar-refractivity contribution in [3.05, 3.63) is 53.7 Å². The van der Waals surface area contributed by atoms with Crippen LogP contribution in [0.15, 0.2) is 42.6 Å². The molecule has 1 N–H and O–H groups in total. The van der Waals surface area contributed by atoms with E-state index in [4.69, 9.17) is 4.74 Å². The van der Waals surface area contributed by atoms with Crippen molar-refractivity contribution in [3.63, 3.8) is 0 Å². The minimum Gasteiger partial charge on any atom is -0.439 e.